The molecular formula is C16H9Cl2N3O4. The minimum absolute atomic E-state index is 0.0513. The maximum Gasteiger partial charge on any atom is 0.440 e. The van der Waals surface area contributed by atoms with Crippen LogP contribution in [-0.4, -0.2) is 20.8 Å². The fourth-order valence-electron chi connectivity index (χ4n) is 2.16. The molecule has 0 fully saturated rings. The first-order chi connectivity index (χ1) is 12.0. The molecule has 0 unspecified atom stereocenters. The first-order valence-electron chi connectivity index (χ1n) is 6.93. The second-order valence-electron chi connectivity index (χ2n) is 4.84. The van der Waals surface area contributed by atoms with Gasteiger partial charge in [-0.05, 0) is 24.3 Å². The Kier molecular flexibility index (Phi) is 4.69. The molecule has 0 N–H and O–H groups in total. The number of nitro benzene ring substituents is 1. The van der Waals surface area contributed by atoms with E-state index in [-0.39, 0.29) is 27.0 Å². The van der Waals surface area contributed by atoms with Crippen LogP contribution in [0.3, 0.4) is 0 Å². The summed E-state index contributed by atoms with van der Waals surface area (Å²) < 4.78 is 6.02. The van der Waals surface area contributed by atoms with Crippen LogP contribution in [0.15, 0.2) is 54.7 Å². The molecule has 0 spiro atoms. The number of ether oxygens (including phenoxy) is 1. The zero-order valence-electron chi connectivity index (χ0n) is 12.4. The number of nitro groups is 1. The van der Waals surface area contributed by atoms with Crippen LogP contribution in [0, 0.1) is 10.1 Å². The highest BCUT2D eigenvalue weighted by Crippen LogP contribution is 2.37. The van der Waals surface area contributed by atoms with Crippen molar-refractivity contribution in [2.45, 2.75) is 0 Å². The van der Waals surface area contributed by atoms with Gasteiger partial charge >= 0.3 is 6.09 Å². The van der Waals surface area contributed by atoms with E-state index in [1.165, 1.54) is 24.4 Å². The second kappa shape index (κ2) is 6.92. The molecule has 0 amide bonds. The summed E-state index contributed by atoms with van der Waals surface area (Å²) in [4.78, 5) is 22.8. The molecule has 0 aliphatic heterocycles. The third-order valence-electron chi connectivity index (χ3n) is 3.23. The first kappa shape index (κ1) is 16.9. The molecule has 1 heterocycles. The predicted molar refractivity (Wildman–Crippen MR) is 92.2 cm³/mol. The molecule has 3 rings (SSSR count). The van der Waals surface area contributed by atoms with E-state index in [9.17, 15) is 14.9 Å². The van der Waals surface area contributed by atoms with Gasteiger partial charge in [0.1, 0.15) is 16.5 Å². The molecule has 7 nitrogen and oxygen atoms in total. The average molecular weight is 378 g/mol. The van der Waals surface area contributed by atoms with Gasteiger partial charge in [-0.25, -0.2) is 4.79 Å². The van der Waals surface area contributed by atoms with Gasteiger partial charge in [0.25, 0.3) is 5.69 Å². The summed E-state index contributed by atoms with van der Waals surface area (Å²) in [5.74, 6) is 0.328. The number of hydrogen-bond acceptors (Lipinski definition) is 5. The van der Waals surface area contributed by atoms with Crippen LogP contribution in [0.2, 0.25) is 10.0 Å². The van der Waals surface area contributed by atoms with Crippen LogP contribution in [0.1, 0.15) is 0 Å². The molecule has 1 aromatic heterocycles. The van der Waals surface area contributed by atoms with Crippen LogP contribution in [0.4, 0.5) is 10.5 Å². The molecule has 0 atom stereocenters. The zero-order chi connectivity index (χ0) is 18.0. The van der Waals surface area contributed by atoms with Gasteiger partial charge in [-0.2, -0.15) is 9.78 Å². The van der Waals surface area contributed by atoms with Gasteiger partial charge in [-0.3, -0.25) is 10.1 Å². The molecule has 0 bridgehead atoms. The fourth-order valence-corrected chi connectivity index (χ4v) is 2.63. The molecule has 3 aromatic rings. The Hall–Kier alpha value is -2.90. The van der Waals surface area contributed by atoms with Gasteiger partial charge in [-0.15, -0.1) is 0 Å². The van der Waals surface area contributed by atoms with E-state index in [2.05, 4.69) is 5.10 Å². The number of hydrogen-bond donors (Lipinski definition) is 0. The minimum Gasteiger partial charge on any atom is -0.409 e. The van der Waals surface area contributed by atoms with Gasteiger partial charge in [0.05, 0.1) is 21.7 Å². The Morgan fingerprint density at radius 3 is 2.48 bits per heavy atom. The van der Waals surface area contributed by atoms with Crippen molar-refractivity contribution in [2.75, 3.05) is 0 Å². The molecule has 2 aromatic carbocycles. The summed E-state index contributed by atoms with van der Waals surface area (Å²) in [6, 6.07) is 12.8. The van der Waals surface area contributed by atoms with Crippen LogP contribution in [0.25, 0.3) is 11.3 Å². The van der Waals surface area contributed by atoms with Gasteiger partial charge < -0.3 is 4.74 Å². The lowest BCUT2D eigenvalue weighted by atomic mass is 10.1. The summed E-state index contributed by atoms with van der Waals surface area (Å²) in [6.07, 6.45) is 0.413. The van der Waals surface area contributed by atoms with Crippen LogP contribution in [0.5, 0.6) is 5.75 Å². The Morgan fingerprint density at radius 2 is 1.80 bits per heavy atom. The van der Waals surface area contributed by atoms with Crippen molar-refractivity contribution in [3.63, 3.8) is 0 Å². The molecule has 0 aliphatic rings. The first-order valence-corrected chi connectivity index (χ1v) is 7.68. The summed E-state index contributed by atoms with van der Waals surface area (Å²) >= 11 is 12.0. The fraction of sp³-hybridized carbons (Fsp3) is 0. The summed E-state index contributed by atoms with van der Waals surface area (Å²) in [7, 11) is 0. The highest BCUT2D eigenvalue weighted by molar-refractivity contribution is 6.35. The van der Waals surface area contributed by atoms with Crippen molar-refractivity contribution in [3.8, 4) is 17.0 Å². The van der Waals surface area contributed by atoms with E-state index in [0.29, 0.717) is 5.75 Å². The number of para-hydroxylation sites is 2. The molecule has 126 valence electrons. The van der Waals surface area contributed by atoms with Gasteiger partial charge in [0.2, 0.25) is 0 Å². The number of carbonyl (C=O) groups is 1. The summed E-state index contributed by atoms with van der Waals surface area (Å²) in [5, 5.41) is 15.3. The van der Waals surface area contributed by atoms with Crippen molar-refractivity contribution >= 4 is 35.0 Å². The van der Waals surface area contributed by atoms with Gasteiger partial charge in [0, 0.05) is 0 Å². The Bertz CT molecular complexity index is 957. The Labute approximate surface area is 151 Å². The lowest BCUT2D eigenvalue weighted by Gasteiger charge is -2.03. The Balaban J connectivity index is 1.98. The maximum absolute atomic E-state index is 12.2. The van der Waals surface area contributed by atoms with E-state index in [0.717, 1.165) is 4.68 Å². The third kappa shape index (κ3) is 3.47. The molecule has 0 aliphatic carbocycles. The number of benzene rings is 2. The molecule has 25 heavy (non-hydrogen) atoms. The number of carbonyl (C=O) groups excluding carboxylic acids is 1. The van der Waals surface area contributed by atoms with E-state index in [1.54, 1.807) is 30.3 Å². The van der Waals surface area contributed by atoms with E-state index >= 15 is 0 Å². The molecule has 0 saturated carbocycles. The lowest BCUT2D eigenvalue weighted by molar-refractivity contribution is -0.384. The minimum atomic E-state index is -0.802. The number of aromatic nitrogens is 2. The monoisotopic (exact) mass is 377 g/mol. The second-order valence-corrected chi connectivity index (χ2v) is 5.66. The number of rotatable bonds is 3. The van der Waals surface area contributed by atoms with Crippen molar-refractivity contribution in [1.82, 2.24) is 9.78 Å². The van der Waals surface area contributed by atoms with Crippen molar-refractivity contribution in [3.05, 3.63) is 74.9 Å². The van der Waals surface area contributed by atoms with Crippen LogP contribution >= 0.6 is 23.2 Å². The van der Waals surface area contributed by atoms with Crippen LogP contribution in [-0.2, 0) is 0 Å². The van der Waals surface area contributed by atoms with Crippen LogP contribution < -0.4 is 4.74 Å². The smallest absolute Gasteiger partial charge is 0.409 e. The van der Waals surface area contributed by atoms with E-state index in [1.807, 2.05) is 0 Å². The topological polar surface area (TPSA) is 87.3 Å². The molecule has 0 saturated heterocycles. The quantitative estimate of drug-likeness (QED) is 0.482. The highest BCUT2D eigenvalue weighted by atomic mass is 35.5. The van der Waals surface area contributed by atoms with E-state index < -0.39 is 11.0 Å². The van der Waals surface area contributed by atoms with Crippen molar-refractivity contribution in [2.24, 2.45) is 0 Å². The average Bonchev–Trinajstić information content (AvgIpc) is 2.97. The normalized spacial score (nSPS) is 10.5. The standard InChI is InChI=1S/C16H9Cl2N3O4/c17-12-8-4-7-11(15(12)21(23)24)14-13(18)9-20(19-14)16(22)25-10-5-2-1-3-6-10/h1-9H. The lowest BCUT2D eigenvalue weighted by Crippen LogP contribution is -2.17. The predicted octanol–water partition coefficient (Wildman–Crippen LogP) is 4.81. The highest BCUT2D eigenvalue weighted by Gasteiger charge is 2.25. The van der Waals surface area contributed by atoms with Gasteiger partial charge in [-0.1, -0.05) is 47.5 Å². The zero-order valence-corrected chi connectivity index (χ0v) is 13.9. The summed E-state index contributed by atoms with van der Waals surface area (Å²) in [6.45, 7) is 0. The maximum atomic E-state index is 12.2. The molecule has 9 heteroatoms. The van der Waals surface area contributed by atoms with Crippen molar-refractivity contribution < 1.29 is 14.5 Å². The number of halogens is 2. The number of nitrogens with zero attached hydrogens (tertiary/aromatic N) is 3. The molecule has 0 radical (unpaired) electrons. The van der Waals surface area contributed by atoms with Crippen molar-refractivity contribution in [1.29, 1.82) is 0 Å². The van der Waals surface area contributed by atoms with E-state index in [4.69, 9.17) is 27.9 Å². The van der Waals surface area contributed by atoms with Gasteiger partial charge in [0.15, 0.2) is 0 Å². The largest absolute Gasteiger partial charge is 0.440 e. The third-order valence-corrected chi connectivity index (χ3v) is 3.81. The molecular weight excluding hydrogens is 369 g/mol. The summed E-state index contributed by atoms with van der Waals surface area (Å²) in [5.41, 5.74) is -0.178. The SMILES string of the molecule is O=C(Oc1ccccc1)n1cc(Cl)c(-c2cccc(Cl)c2[N+](=O)[O-])n1. The Morgan fingerprint density at radius 1 is 1.08 bits per heavy atom.